The van der Waals surface area contributed by atoms with E-state index >= 15 is 0 Å². The van der Waals surface area contributed by atoms with Crippen LogP contribution in [0.2, 0.25) is 0 Å². The van der Waals surface area contributed by atoms with Crippen LogP contribution < -0.4 is 0 Å². The summed E-state index contributed by atoms with van der Waals surface area (Å²) in [4.78, 5) is 0. The van der Waals surface area contributed by atoms with Crippen molar-refractivity contribution in [1.82, 2.24) is 0 Å². The quantitative estimate of drug-likeness (QED) is 0.774. The largest absolute Gasteiger partial charge is 0.392 e. The Bertz CT molecular complexity index is 287. The molecule has 0 saturated heterocycles. The van der Waals surface area contributed by atoms with Gasteiger partial charge in [-0.1, -0.05) is 43.7 Å². The number of benzene rings is 1. The standard InChI is InChI=1S/C13H18O/c1-2-6-12(14)13(9-10-13)11-7-4-3-5-8-11/h3-5,7-8,12,14H,2,6,9-10H2,1H3/t12-/m1/s1. The molecular weight excluding hydrogens is 172 g/mol. The van der Waals surface area contributed by atoms with Gasteiger partial charge in [0.1, 0.15) is 0 Å². The van der Waals surface area contributed by atoms with Gasteiger partial charge in [0.05, 0.1) is 6.10 Å². The first-order valence-electron chi connectivity index (χ1n) is 5.53. The van der Waals surface area contributed by atoms with Crippen molar-refractivity contribution in [2.75, 3.05) is 0 Å². The molecule has 0 bridgehead atoms. The van der Waals surface area contributed by atoms with Gasteiger partial charge in [-0.15, -0.1) is 0 Å². The smallest absolute Gasteiger partial charge is 0.0636 e. The van der Waals surface area contributed by atoms with Crippen LogP contribution in [0.3, 0.4) is 0 Å². The lowest BCUT2D eigenvalue weighted by Crippen LogP contribution is -2.25. The van der Waals surface area contributed by atoms with Crippen molar-refractivity contribution in [2.24, 2.45) is 0 Å². The molecule has 0 spiro atoms. The normalized spacial score (nSPS) is 20.4. The van der Waals surface area contributed by atoms with Gasteiger partial charge in [0.15, 0.2) is 0 Å². The molecule has 0 unspecified atom stereocenters. The zero-order chi connectivity index (χ0) is 10.0. The van der Waals surface area contributed by atoms with E-state index in [1.807, 2.05) is 6.07 Å². The van der Waals surface area contributed by atoms with Crippen LogP contribution in [0.1, 0.15) is 38.2 Å². The minimum absolute atomic E-state index is 0.108. The van der Waals surface area contributed by atoms with Crippen LogP contribution in [0.25, 0.3) is 0 Å². The first-order chi connectivity index (χ1) is 6.79. The molecule has 0 aromatic heterocycles. The summed E-state index contributed by atoms with van der Waals surface area (Å²) in [5.74, 6) is 0. The van der Waals surface area contributed by atoms with Crippen molar-refractivity contribution in [2.45, 2.75) is 44.1 Å². The van der Waals surface area contributed by atoms with E-state index in [2.05, 4.69) is 31.2 Å². The van der Waals surface area contributed by atoms with Gasteiger partial charge in [0, 0.05) is 5.41 Å². The maximum Gasteiger partial charge on any atom is 0.0636 e. The average molecular weight is 190 g/mol. The Morgan fingerprint density at radius 3 is 2.43 bits per heavy atom. The van der Waals surface area contributed by atoms with Crippen LogP contribution in [0.15, 0.2) is 30.3 Å². The summed E-state index contributed by atoms with van der Waals surface area (Å²) in [7, 11) is 0. The van der Waals surface area contributed by atoms with E-state index in [9.17, 15) is 5.11 Å². The number of hydrogen-bond donors (Lipinski definition) is 1. The van der Waals surface area contributed by atoms with Crippen molar-refractivity contribution in [3.63, 3.8) is 0 Å². The molecule has 0 amide bonds. The molecule has 14 heavy (non-hydrogen) atoms. The fourth-order valence-electron chi connectivity index (χ4n) is 2.27. The van der Waals surface area contributed by atoms with Crippen LogP contribution in [0.4, 0.5) is 0 Å². The van der Waals surface area contributed by atoms with E-state index in [0.29, 0.717) is 0 Å². The maximum atomic E-state index is 10.1. The van der Waals surface area contributed by atoms with E-state index in [4.69, 9.17) is 0 Å². The fourth-order valence-corrected chi connectivity index (χ4v) is 2.27. The Hall–Kier alpha value is -0.820. The third-order valence-corrected chi connectivity index (χ3v) is 3.34. The first-order valence-corrected chi connectivity index (χ1v) is 5.53. The molecule has 2 rings (SSSR count). The molecule has 0 radical (unpaired) electrons. The van der Waals surface area contributed by atoms with E-state index in [-0.39, 0.29) is 11.5 Å². The van der Waals surface area contributed by atoms with Crippen molar-refractivity contribution in [3.8, 4) is 0 Å². The van der Waals surface area contributed by atoms with Gasteiger partial charge in [-0.3, -0.25) is 0 Å². The minimum Gasteiger partial charge on any atom is -0.392 e. The van der Waals surface area contributed by atoms with Gasteiger partial charge in [-0.05, 0) is 24.8 Å². The molecule has 76 valence electrons. The lowest BCUT2D eigenvalue weighted by Gasteiger charge is -2.22. The Morgan fingerprint density at radius 1 is 1.29 bits per heavy atom. The van der Waals surface area contributed by atoms with Crippen LogP contribution in [0, 0.1) is 0 Å². The fraction of sp³-hybridized carbons (Fsp3) is 0.538. The highest BCUT2D eigenvalue weighted by Crippen LogP contribution is 2.51. The summed E-state index contributed by atoms with van der Waals surface area (Å²) in [6.07, 6.45) is 4.15. The predicted octanol–water partition coefficient (Wildman–Crippen LogP) is 2.88. The zero-order valence-corrected chi connectivity index (χ0v) is 8.74. The number of hydrogen-bond acceptors (Lipinski definition) is 1. The molecule has 1 aromatic carbocycles. The van der Waals surface area contributed by atoms with Crippen molar-refractivity contribution in [3.05, 3.63) is 35.9 Å². The van der Waals surface area contributed by atoms with Gasteiger partial charge in [-0.2, -0.15) is 0 Å². The second-order valence-corrected chi connectivity index (χ2v) is 4.33. The third-order valence-electron chi connectivity index (χ3n) is 3.34. The topological polar surface area (TPSA) is 20.2 Å². The summed E-state index contributed by atoms with van der Waals surface area (Å²) in [5.41, 5.74) is 1.43. The van der Waals surface area contributed by atoms with E-state index in [1.165, 1.54) is 5.56 Å². The van der Waals surface area contributed by atoms with Gasteiger partial charge in [-0.25, -0.2) is 0 Å². The molecule has 0 aliphatic heterocycles. The number of aliphatic hydroxyl groups excluding tert-OH is 1. The molecule has 1 atom stereocenters. The highest BCUT2D eigenvalue weighted by atomic mass is 16.3. The van der Waals surface area contributed by atoms with Gasteiger partial charge in [0.2, 0.25) is 0 Å². The second-order valence-electron chi connectivity index (χ2n) is 4.33. The van der Waals surface area contributed by atoms with E-state index in [0.717, 1.165) is 25.7 Å². The molecule has 1 nitrogen and oxygen atoms in total. The molecular formula is C13H18O. The van der Waals surface area contributed by atoms with E-state index < -0.39 is 0 Å². The molecule has 1 N–H and O–H groups in total. The third kappa shape index (κ3) is 1.57. The van der Waals surface area contributed by atoms with Crippen LogP contribution in [0.5, 0.6) is 0 Å². The van der Waals surface area contributed by atoms with Crippen LogP contribution in [-0.4, -0.2) is 11.2 Å². The minimum atomic E-state index is -0.144. The van der Waals surface area contributed by atoms with Crippen molar-refractivity contribution >= 4 is 0 Å². The predicted molar refractivity (Wildman–Crippen MR) is 58.3 cm³/mol. The molecule has 1 aliphatic rings. The first kappa shape index (κ1) is 9.72. The van der Waals surface area contributed by atoms with Gasteiger partial charge in [0.25, 0.3) is 0 Å². The highest BCUT2D eigenvalue weighted by molar-refractivity contribution is 5.32. The average Bonchev–Trinajstić information content (AvgIpc) is 3.00. The van der Waals surface area contributed by atoms with Gasteiger partial charge >= 0.3 is 0 Å². The number of aliphatic hydroxyl groups is 1. The molecule has 1 saturated carbocycles. The van der Waals surface area contributed by atoms with E-state index in [1.54, 1.807) is 0 Å². The maximum absolute atomic E-state index is 10.1. The Kier molecular flexibility index (Phi) is 2.60. The summed E-state index contributed by atoms with van der Waals surface area (Å²) in [6.45, 7) is 2.13. The molecule has 1 aliphatic carbocycles. The van der Waals surface area contributed by atoms with Crippen LogP contribution >= 0.6 is 0 Å². The lowest BCUT2D eigenvalue weighted by molar-refractivity contribution is 0.121. The highest BCUT2D eigenvalue weighted by Gasteiger charge is 2.49. The summed E-state index contributed by atoms with van der Waals surface area (Å²) >= 11 is 0. The molecule has 1 fully saturated rings. The lowest BCUT2D eigenvalue weighted by atomic mass is 9.88. The summed E-state index contributed by atoms with van der Waals surface area (Å²) < 4.78 is 0. The van der Waals surface area contributed by atoms with Crippen molar-refractivity contribution < 1.29 is 5.11 Å². The monoisotopic (exact) mass is 190 g/mol. The SMILES string of the molecule is CCC[C@@H](O)C1(c2ccccc2)CC1. The molecule has 1 heteroatoms. The van der Waals surface area contributed by atoms with Gasteiger partial charge < -0.3 is 5.11 Å². The summed E-state index contributed by atoms with van der Waals surface area (Å²) in [6, 6.07) is 10.5. The number of rotatable bonds is 4. The summed E-state index contributed by atoms with van der Waals surface area (Å²) in [5, 5.41) is 10.1. The Morgan fingerprint density at radius 2 is 1.93 bits per heavy atom. The molecule has 1 aromatic rings. The van der Waals surface area contributed by atoms with Crippen molar-refractivity contribution in [1.29, 1.82) is 0 Å². The van der Waals surface area contributed by atoms with Crippen LogP contribution in [-0.2, 0) is 5.41 Å². The Labute approximate surface area is 85.8 Å². The zero-order valence-electron chi connectivity index (χ0n) is 8.74. The molecule has 0 heterocycles. The second kappa shape index (κ2) is 3.74. The Balaban J connectivity index is 2.17.